The summed E-state index contributed by atoms with van der Waals surface area (Å²) in [7, 11) is 1.47. The van der Waals surface area contributed by atoms with Crippen LogP contribution in [0.2, 0.25) is 5.02 Å². The molecule has 9 nitrogen and oxygen atoms in total. The Hall–Kier alpha value is -3.98. The lowest BCUT2D eigenvalue weighted by Crippen LogP contribution is -2.36. The zero-order valence-corrected chi connectivity index (χ0v) is 19.3. The van der Waals surface area contributed by atoms with Crippen LogP contribution >= 0.6 is 11.6 Å². The fourth-order valence-corrected chi connectivity index (χ4v) is 3.62. The fourth-order valence-electron chi connectivity index (χ4n) is 3.43. The molecule has 0 bridgehead atoms. The Morgan fingerprint density at radius 1 is 1.18 bits per heavy atom. The van der Waals surface area contributed by atoms with E-state index >= 15 is 0 Å². The van der Waals surface area contributed by atoms with E-state index in [1.165, 1.54) is 17.9 Å². The smallest absolute Gasteiger partial charge is 0.319 e. The number of anilines is 1. The number of carboxylic acid groups (broad SMARTS) is 1. The summed E-state index contributed by atoms with van der Waals surface area (Å²) < 4.78 is 6.49. The SMILES string of the molecule is COc1cccc([C@H](CC(=O)O)NC(=O)Nc2c(O)c(C)cn(Cc3ccccc3Cl)c2=O)c1. The van der Waals surface area contributed by atoms with Crippen LogP contribution in [-0.2, 0) is 11.3 Å². The lowest BCUT2D eigenvalue weighted by Gasteiger charge is -2.19. The molecular weight excluding hydrogens is 462 g/mol. The third-order valence-corrected chi connectivity index (χ3v) is 5.52. The van der Waals surface area contributed by atoms with Gasteiger partial charge in [-0.1, -0.05) is 41.9 Å². The summed E-state index contributed by atoms with van der Waals surface area (Å²) in [6.45, 7) is 1.71. The number of aryl methyl sites for hydroxylation is 1. The van der Waals surface area contributed by atoms with Gasteiger partial charge in [-0.2, -0.15) is 0 Å². The molecule has 0 unspecified atom stereocenters. The summed E-state index contributed by atoms with van der Waals surface area (Å²) in [6, 6.07) is 11.9. The minimum atomic E-state index is -1.13. The molecular formula is C24H24ClN3O6. The summed E-state index contributed by atoms with van der Waals surface area (Å²) in [5.41, 5.74) is 0.572. The molecule has 0 radical (unpaired) electrons. The number of benzene rings is 2. The van der Waals surface area contributed by atoms with E-state index in [0.717, 1.165) is 0 Å². The van der Waals surface area contributed by atoms with Crippen LogP contribution in [0.1, 0.15) is 29.2 Å². The number of halogens is 1. The maximum absolute atomic E-state index is 13.0. The Balaban J connectivity index is 1.87. The summed E-state index contributed by atoms with van der Waals surface area (Å²) in [6.07, 6.45) is 1.06. The maximum atomic E-state index is 13.0. The first-order chi connectivity index (χ1) is 16.2. The molecule has 3 rings (SSSR count). The number of amides is 2. The number of urea groups is 1. The van der Waals surface area contributed by atoms with Gasteiger partial charge in [-0.05, 0) is 36.2 Å². The van der Waals surface area contributed by atoms with Crippen LogP contribution in [0.5, 0.6) is 11.5 Å². The van der Waals surface area contributed by atoms with Crippen molar-refractivity contribution in [3.05, 3.63) is 86.8 Å². The van der Waals surface area contributed by atoms with Gasteiger partial charge in [0, 0.05) is 16.8 Å². The number of aliphatic carboxylic acids is 1. The van der Waals surface area contributed by atoms with Crippen LogP contribution in [0.15, 0.2) is 59.5 Å². The summed E-state index contributed by atoms with van der Waals surface area (Å²) in [5.74, 6) is -1.02. The molecule has 0 aliphatic rings. The number of aromatic hydroxyl groups is 1. The quantitative estimate of drug-likeness (QED) is 0.382. The largest absolute Gasteiger partial charge is 0.505 e. The van der Waals surface area contributed by atoms with Crippen molar-refractivity contribution >= 4 is 29.3 Å². The predicted molar refractivity (Wildman–Crippen MR) is 128 cm³/mol. The van der Waals surface area contributed by atoms with Crippen molar-refractivity contribution < 1.29 is 24.5 Å². The minimum absolute atomic E-state index is 0.126. The highest BCUT2D eigenvalue weighted by Gasteiger charge is 2.21. The van der Waals surface area contributed by atoms with E-state index in [1.54, 1.807) is 55.5 Å². The van der Waals surface area contributed by atoms with Crippen molar-refractivity contribution in [1.29, 1.82) is 0 Å². The van der Waals surface area contributed by atoms with Crippen LogP contribution in [0, 0.1) is 6.92 Å². The van der Waals surface area contributed by atoms with E-state index in [0.29, 0.717) is 27.5 Å². The van der Waals surface area contributed by atoms with Crippen LogP contribution in [0.4, 0.5) is 10.5 Å². The number of carbonyl (C=O) groups is 2. The molecule has 1 atom stereocenters. The van der Waals surface area contributed by atoms with E-state index < -0.39 is 30.0 Å². The highest BCUT2D eigenvalue weighted by Crippen LogP contribution is 2.25. The summed E-state index contributed by atoms with van der Waals surface area (Å²) in [5, 5.41) is 25.1. The molecule has 2 aromatic carbocycles. The third-order valence-electron chi connectivity index (χ3n) is 5.15. The average Bonchev–Trinajstić information content (AvgIpc) is 2.81. The molecule has 0 spiro atoms. The third kappa shape index (κ3) is 5.87. The molecule has 2 amide bonds. The lowest BCUT2D eigenvalue weighted by molar-refractivity contribution is -0.137. The number of methoxy groups -OCH3 is 1. The van der Waals surface area contributed by atoms with E-state index in [1.807, 2.05) is 0 Å². The van der Waals surface area contributed by atoms with Gasteiger partial charge in [-0.3, -0.25) is 9.59 Å². The molecule has 4 N–H and O–H groups in total. The number of hydrogen-bond donors (Lipinski definition) is 4. The second-order valence-corrected chi connectivity index (χ2v) is 7.99. The Morgan fingerprint density at radius 2 is 1.91 bits per heavy atom. The Kier molecular flexibility index (Phi) is 7.80. The molecule has 178 valence electrons. The number of carboxylic acids is 1. The van der Waals surface area contributed by atoms with E-state index in [2.05, 4.69) is 10.6 Å². The number of ether oxygens (including phenoxy) is 1. The number of nitrogens with one attached hydrogen (secondary N) is 2. The first-order valence-electron chi connectivity index (χ1n) is 10.3. The first kappa shape index (κ1) is 24.7. The van der Waals surface area contributed by atoms with E-state index in [4.69, 9.17) is 16.3 Å². The number of aromatic nitrogens is 1. The topological polar surface area (TPSA) is 130 Å². The van der Waals surface area contributed by atoms with Gasteiger partial charge >= 0.3 is 12.0 Å². The fraction of sp³-hybridized carbons (Fsp3) is 0.208. The maximum Gasteiger partial charge on any atom is 0.319 e. The lowest BCUT2D eigenvalue weighted by atomic mass is 10.0. The molecule has 0 saturated carbocycles. The Labute approximate surface area is 200 Å². The van der Waals surface area contributed by atoms with Crippen LogP contribution in [0.3, 0.4) is 0 Å². The minimum Gasteiger partial charge on any atom is -0.505 e. The van der Waals surface area contributed by atoms with Crippen molar-refractivity contribution in [3.63, 3.8) is 0 Å². The Bertz CT molecular complexity index is 1270. The molecule has 0 fully saturated rings. The van der Waals surface area contributed by atoms with Crippen LogP contribution in [0.25, 0.3) is 0 Å². The van der Waals surface area contributed by atoms with Gasteiger partial charge in [0.05, 0.1) is 26.1 Å². The van der Waals surface area contributed by atoms with Crippen LogP contribution in [-0.4, -0.2) is 33.9 Å². The van der Waals surface area contributed by atoms with Gasteiger partial charge < -0.3 is 30.2 Å². The van der Waals surface area contributed by atoms with E-state index in [9.17, 15) is 24.6 Å². The van der Waals surface area contributed by atoms with Gasteiger partial charge in [-0.15, -0.1) is 0 Å². The van der Waals surface area contributed by atoms with Gasteiger partial charge in [0.15, 0.2) is 5.69 Å². The number of nitrogens with zero attached hydrogens (tertiary/aromatic N) is 1. The van der Waals surface area contributed by atoms with Crippen molar-refractivity contribution in [3.8, 4) is 11.5 Å². The zero-order chi connectivity index (χ0) is 24.8. The molecule has 0 aliphatic heterocycles. The number of pyridine rings is 1. The zero-order valence-electron chi connectivity index (χ0n) is 18.5. The van der Waals surface area contributed by atoms with Gasteiger partial charge in [-0.25, -0.2) is 4.79 Å². The predicted octanol–water partition coefficient (Wildman–Crippen LogP) is 3.91. The number of rotatable bonds is 8. The molecule has 34 heavy (non-hydrogen) atoms. The highest BCUT2D eigenvalue weighted by molar-refractivity contribution is 6.31. The normalized spacial score (nSPS) is 11.5. The summed E-state index contributed by atoms with van der Waals surface area (Å²) >= 11 is 6.20. The van der Waals surface area contributed by atoms with Gasteiger partial charge in [0.1, 0.15) is 11.5 Å². The number of carbonyl (C=O) groups excluding carboxylic acids is 1. The molecule has 1 aromatic heterocycles. The van der Waals surface area contributed by atoms with Crippen molar-refractivity contribution in [1.82, 2.24) is 9.88 Å². The second-order valence-electron chi connectivity index (χ2n) is 7.59. The second kappa shape index (κ2) is 10.8. The Morgan fingerprint density at radius 3 is 2.59 bits per heavy atom. The molecule has 3 aromatic rings. The molecule has 0 saturated heterocycles. The first-order valence-corrected chi connectivity index (χ1v) is 10.7. The monoisotopic (exact) mass is 485 g/mol. The standard InChI is InChI=1S/C24H24ClN3O6/c1-14-12-28(13-16-6-3-4-9-18(16)25)23(32)21(22(14)31)27-24(33)26-19(11-20(29)30)15-7-5-8-17(10-15)34-2/h3-10,12,19,31H,11,13H2,1-2H3,(H,29,30)(H2,26,27,33)/t19-/m0/s1. The number of hydrogen-bond acceptors (Lipinski definition) is 5. The van der Waals surface area contributed by atoms with Crippen molar-refractivity contribution in [2.24, 2.45) is 0 Å². The van der Waals surface area contributed by atoms with Crippen molar-refractivity contribution in [2.75, 3.05) is 12.4 Å². The molecule has 1 heterocycles. The van der Waals surface area contributed by atoms with E-state index in [-0.39, 0.29) is 18.0 Å². The molecule has 0 aliphatic carbocycles. The molecule has 10 heteroatoms. The average molecular weight is 486 g/mol. The van der Waals surface area contributed by atoms with Crippen LogP contribution < -0.4 is 20.9 Å². The highest BCUT2D eigenvalue weighted by atomic mass is 35.5. The van der Waals surface area contributed by atoms with Crippen molar-refractivity contribution in [2.45, 2.75) is 25.9 Å². The summed E-state index contributed by atoms with van der Waals surface area (Å²) in [4.78, 5) is 37.1. The van der Waals surface area contributed by atoms with Gasteiger partial charge in [0.25, 0.3) is 5.56 Å². The van der Waals surface area contributed by atoms with Gasteiger partial charge in [0.2, 0.25) is 0 Å².